The third-order valence-electron chi connectivity index (χ3n) is 6.73. The summed E-state index contributed by atoms with van der Waals surface area (Å²) in [6.45, 7) is 1.78. The lowest BCUT2D eigenvalue weighted by atomic mass is 9.89. The van der Waals surface area contributed by atoms with Gasteiger partial charge in [0.2, 0.25) is 0 Å². The largest absolute Gasteiger partial charge is 0.497 e. The van der Waals surface area contributed by atoms with Crippen molar-refractivity contribution in [3.8, 4) is 5.75 Å². The van der Waals surface area contributed by atoms with Crippen molar-refractivity contribution >= 4 is 23.1 Å². The molecular formula is C25H33N5O4. The summed E-state index contributed by atoms with van der Waals surface area (Å²) in [5, 5.41) is 20.8. The van der Waals surface area contributed by atoms with E-state index in [4.69, 9.17) is 4.74 Å². The van der Waals surface area contributed by atoms with Gasteiger partial charge in [-0.2, -0.15) is 0 Å². The molecule has 2 amide bonds. The van der Waals surface area contributed by atoms with Crippen LogP contribution in [-0.2, 0) is 0 Å². The minimum absolute atomic E-state index is 0.0711. The Hall–Kier alpha value is -3.33. The normalized spacial score (nSPS) is 22.6. The molecule has 2 aromatic rings. The van der Waals surface area contributed by atoms with E-state index < -0.39 is 0 Å². The summed E-state index contributed by atoms with van der Waals surface area (Å²) in [4.78, 5) is 25.5. The van der Waals surface area contributed by atoms with Gasteiger partial charge >= 0.3 is 6.03 Å². The zero-order valence-corrected chi connectivity index (χ0v) is 19.5. The van der Waals surface area contributed by atoms with E-state index in [1.165, 1.54) is 0 Å². The van der Waals surface area contributed by atoms with E-state index in [1.54, 1.807) is 19.2 Å². The zero-order chi connectivity index (χ0) is 23.9. The van der Waals surface area contributed by atoms with Crippen molar-refractivity contribution in [3.63, 3.8) is 0 Å². The summed E-state index contributed by atoms with van der Waals surface area (Å²) in [6, 6.07) is 14.5. The van der Waals surface area contributed by atoms with Crippen LogP contribution >= 0.6 is 0 Å². The highest BCUT2D eigenvalue weighted by atomic mass is 16.6. The van der Waals surface area contributed by atoms with Crippen LogP contribution < -0.4 is 25.6 Å². The van der Waals surface area contributed by atoms with E-state index in [0.717, 1.165) is 68.7 Å². The van der Waals surface area contributed by atoms with Crippen LogP contribution in [0.3, 0.4) is 0 Å². The van der Waals surface area contributed by atoms with E-state index in [1.807, 2.05) is 36.4 Å². The lowest BCUT2D eigenvalue weighted by Crippen LogP contribution is -2.57. The van der Waals surface area contributed by atoms with Crippen molar-refractivity contribution in [1.82, 2.24) is 10.6 Å². The van der Waals surface area contributed by atoms with Crippen molar-refractivity contribution in [3.05, 3.63) is 58.6 Å². The Morgan fingerprint density at radius 3 is 2.38 bits per heavy atom. The van der Waals surface area contributed by atoms with Crippen molar-refractivity contribution in [1.29, 1.82) is 0 Å². The number of ether oxygens (including phenoxy) is 1. The summed E-state index contributed by atoms with van der Waals surface area (Å²) in [5.41, 5.74) is 1.85. The van der Waals surface area contributed by atoms with E-state index in [0.29, 0.717) is 6.04 Å². The smallest absolute Gasteiger partial charge is 0.319 e. The monoisotopic (exact) mass is 467 g/mol. The van der Waals surface area contributed by atoms with Gasteiger partial charge in [-0.25, -0.2) is 4.79 Å². The quantitative estimate of drug-likeness (QED) is 0.414. The number of piperidine rings is 1. The number of anilines is 2. The van der Waals surface area contributed by atoms with Gasteiger partial charge in [0, 0.05) is 54.7 Å². The van der Waals surface area contributed by atoms with Crippen molar-refractivity contribution in [2.24, 2.45) is 0 Å². The molecule has 4 rings (SSSR count). The van der Waals surface area contributed by atoms with Crippen LogP contribution in [0.4, 0.5) is 21.9 Å². The molecule has 1 saturated carbocycles. The number of carbonyl (C=O) groups excluding carboxylic acids is 1. The summed E-state index contributed by atoms with van der Waals surface area (Å²) < 4.78 is 5.17. The van der Waals surface area contributed by atoms with Gasteiger partial charge < -0.3 is 25.6 Å². The number of nitrogens with one attached hydrogen (secondary N) is 3. The van der Waals surface area contributed by atoms with Crippen LogP contribution in [0.1, 0.15) is 38.5 Å². The molecule has 1 unspecified atom stereocenters. The van der Waals surface area contributed by atoms with Crippen molar-refractivity contribution < 1.29 is 14.5 Å². The maximum Gasteiger partial charge on any atom is 0.319 e. The number of urea groups is 1. The van der Waals surface area contributed by atoms with Crippen LogP contribution in [0, 0.1) is 10.1 Å². The molecule has 0 aromatic heterocycles. The van der Waals surface area contributed by atoms with Gasteiger partial charge in [0.25, 0.3) is 5.69 Å². The van der Waals surface area contributed by atoms with Crippen LogP contribution in [-0.4, -0.2) is 49.3 Å². The molecular weight excluding hydrogens is 434 g/mol. The molecule has 0 spiro atoms. The Morgan fingerprint density at radius 1 is 1.00 bits per heavy atom. The Morgan fingerprint density at radius 2 is 1.71 bits per heavy atom. The summed E-state index contributed by atoms with van der Waals surface area (Å²) in [7, 11) is 1.61. The molecule has 3 atom stereocenters. The Labute approximate surface area is 200 Å². The third-order valence-corrected chi connectivity index (χ3v) is 6.73. The second kappa shape index (κ2) is 11.2. The molecule has 182 valence electrons. The molecule has 1 aliphatic carbocycles. The summed E-state index contributed by atoms with van der Waals surface area (Å²) in [5.74, 6) is 0.748. The van der Waals surface area contributed by atoms with Gasteiger partial charge in [-0.3, -0.25) is 10.1 Å². The Balaban J connectivity index is 1.32. The number of benzene rings is 2. The molecule has 1 aliphatic heterocycles. The molecule has 34 heavy (non-hydrogen) atoms. The second-order valence-electron chi connectivity index (χ2n) is 9.05. The number of hydrogen-bond acceptors (Lipinski definition) is 6. The molecule has 9 heteroatoms. The minimum atomic E-state index is -0.370. The lowest BCUT2D eigenvalue weighted by Gasteiger charge is -2.40. The van der Waals surface area contributed by atoms with Crippen molar-refractivity contribution in [2.45, 2.75) is 56.7 Å². The number of carbonyl (C=O) groups is 1. The first-order valence-electron chi connectivity index (χ1n) is 12.0. The highest BCUT2D eigenvalue weighted by Crippen LogP contribution is 2.25. The number of nitrogens with zero attached hydrogens (tertiary/aromatic N) is 2. The minimum Gasteiger partial charge on any atom is -0.497 e. The number of amides is 2. The lowest BCUT2D eigenvalue weighted by molar-refractivity contribution is -0.384. The first kappa shape index (κ1) is 23.8. The van der Waals surface area contributed by atoms with Gasteiger partial charge in [-0.05, 0) is 62.1 Å². The predicted molar refractivity (Wildman–Crippen MR) is 133 cm³/mol. The van der Waals surface area contributed by atoms with E-state index in [2.05, 4.69) is 20.9 Å². The topological polar surface area (TPSA) is 109 Å². The van der Waals surface area contributed by atoms with Crippen LogP contribution in [0.5, 0.6) is 5.75 Å². The number of nitro groups is 1. The number of non-ortho nitro benzene ring substituents is 1. The summed E-state index contributed by atoms with van der Waals surface area (Å²) >= 11 is 0. The average molecular weight is 468 g/mol. The molecule has 0 radical (unpaired) electrons. The maximum absolute atomic E-state index is 12.6. The molecule has 2 aromatic carbocycles. The SMILES string of the molecule is COc1ccc(NC(=O)N[C@@H]2CCCC[C@H]2NC2CCCN(c3ccc([N+](=O)[O-])cc3)C2)cc1. The fourth-order valence-corrected chi connectivity index (χ4v) is 4.95. The molecule has 1 heterocycles. The first-order valence-corrected chi connectivity index (χ1v) is 12.0. The highest BCUT2D eigenvalue weighted by Gasteiger charge is 2.30. The average Bonchev–Trinajstić information content (AvgIpc) is 2.86. The second-order valence-corrected chi connectivity index (χ2v) is 9.05. The zero-order valence-electron chi connectivity index (χ0n) is 19.5. The molecule has 9 nitrogen and oxygen atoms in total. The third kappa shape index (κ3) is 6.17. The predicted octanol–water partition coefficient (Wildman–Crippen LogP) is 4.29. The Bertz CT molecular complexity index is 966. The first-order chi connectivity index (χ1) is 16.5. The van der Waals surface area contributed by atoms with Gasteiger partial charge in [0.1, 0.15) is 5.75 Å². The number of hydrogen-bond donors (Lipinski definition) is 3. The Kier molecular flexibility index (Phi) is 7.84. The van der Waals surface area contributed by atoms with Crippen LogP contribution in [0.25, 0.3) is 0 Å². The molecule has 2 fully saturated rings. The fourth-order valence-electron chi connectivity index (χ4n) is 4.95. The van der Waals surface area contributed by atoms with Crippen LogP contribution in [0.2, 0.25) is 0 Å². The van der Waals surface area contributed by atoms with E-state index in [9.17, 15) is 14.9 Å². The standard InChI is InChI=1S/C25H33N5O4/c1-34-22-14-8-18(9-15-22)27-25(31)28-24-7-3-2-6-23(24)26-19-5-4-16-29(17-19)20-10-12-21(13-11-20)30(32)33/h8-15,19,23-24,26H,2-7,16-17H2,1H3,(H2,27,28,31)/t19?,23-,24-/m1/s1. The highest BCUT2D eigenvalue weighted by molar-refractivity contribution is 5.89. The number of rotatable bonds is 7. The van der Waals surface area contributed by atoms with Gasteiger partial charge in [0.05, 0.1) is 12.0 Å². The maximum atomic E-state index is 12.6. The van der Waals surface area contributed by atoms with Gasteiger partial charge in [-0.15, -0.1) is 0 Å². The van der Waals surface area contributed by atoms with E-state index in [-0.39, 0.29) is 28.7 Å². The fraction of sp³-hybridized carbons (Fsp3) is 0.480. The van der Waals surface area contributed by atoms with E-state index >= 15 is 0 Å². The summed E-state index contributed by atoms with van der Waals surface area (Å²) in [6.07, 6.45) is 6.36. The van der Waals surface area contributed by atoms with Crippen LogP contribution in [0.15, 0.2) is 48.5 Å². The number of methoxy groups -OCH3 is 1. The molecule has 0 bridgehead atoms. The van der Waals surface area contributed by atoms with Gasteiger partial charge in [0.15, 0.2) is 0 Å². The number of nitro benzene ring substituents is 1. The molecule has 3 N–H and O–H groups in total. The molecule has 2 aliphatic rings. The van der Waals surface area contributed by atoms with Crippen molar-refractivity contribution in [2.75, 3.05) is 30.4 Å². The van der Waals surface area contributed by atoms with Gasteiger partial charge in [-0.1, -0.05) is 12.8 Å². The molecule has 1 saturated heterocycles.